The van der Waals surface area contributed by atoms with Gasteiger partial charge in [0.1, 0.15) is 0 Å². The Kier molecular flexibility index (Phi) is 4.04. The van der Waals surface area contributed by atoms with E-state index in [1.54, 1.807) is 0 Å². The smallest absolute Gasteiger partial charge is 0.257 e. The summed E-state index contributed by atoms with van der Waals surface area (Å²) in [6.07, 6.45) is 6.10. The molecule has 0 bridgehead atoms. The van der Waals surface area contributed by atoms with Gasteiger partial charge in [0.2, 0.25) is 0 Å². The SMILES string of the molecule is CCN(C(=O)c1c(C)n[nH]c1C)C1CCCCC1. The molecule has 1 amide bonds. The summed E-state index contributed by atoms with van der Waals surface area (Å²) in [4.78, 5) is 14.7. The van der Waals surface area contributed by atoms with Crippen LogP contribution in [-0.4, -0.2) is 33.6 Å². The number of H-pyrrole nitrogens is 1. The van der Waals surface area contributed by atoms with Crippen molar-refractivity contribution < 1.29 is 4.79 Å². The van der Waals surface area contributed by atoms with Crippen LogP contribution in [0.4, 0.5) is 0 Å². The van der Waals surface area contributed by atoms with E-state index >= 15 is 0 Å². The van der Waals surface area contributed by atoms with Crippen molar-refractivity contribution in [1.29, 1.82) is 0 Å². The van der Waals surface area contributed by atoms with Crippen LogP contribution in [0.25, 0.3) is 0 Å². The van der Waals surface area contributed by atoms with Gasteiger partial charge in [-0.15, -0.1) is 0 Å². The minimum atomic E-state index is 0.146. The maximum absolute atomic E-state index is 12.6. The van der Waals surface area contributed by atoms with Gasteiger partial charge < -0.3 is 4.90 Å². The van der Waals surface area contributed by atoms with Crippen molar-refractivity contribution in [3.63, 3.8) is 0 Å². The molecule has 0 aromatic carbocycles. The maximum atomic E-state index is 12.6. The van der Waals surface area contributed by atoms with Gasteiger partial charge in [0.25, 0.3) is 5.91 Å². The van der Waals surface area contributed by atoms with Gasteiger partial charge in [-0.2, -0.15) is 5.10 Å². The molecule has 0 radical (unpaired) electrons. The average molecular weight is 249 g/mol. The van der Waals surface area contributed by atoms with E-state index in [1.165, 1.54) is 19.3 Å². The normalized spacial score (nSPS) is 16.8. The van der Waals surface area contributed by atoms with Gasteiger partial charge in [-0.25, -0.2) is 0 Å². The second-order valence-electron chi connectivity index (χ2n) is 5.19. The van der Waals surface area contributed by atoms with Crippen molar-refractivity contribution in [2.45, 2.75) is 58.9 Å². The Bertz CT molecular complexity index is 399. The van der Waals surface area contributed by atoms with E-state index < -0.39 is 0 Å². The molecular formula is C14H23N3O. The van der Waals surface area contributed by atoms with Crippen LogP contribution in [0.3, 0.4) is 0 Å². The van der Waals surface area contributed by atoms with Crippen LogP contribution in [0.15, 0.2) is 0 Å². The number of hydrogen-bond acceptors (Lipinski definition) is 2. The first-order chi connectivity index (χ1) is 8.65. The molecule has 18 heavy (non-hydrogen) atoms. The maximum Gasteiger partial charge on any atom is 0.257 e. The molecule has 0 atom stereocenters. The van der Waals surface area contributed by atoms with Crippen LogP contribution in [0.2, 0.25) is 0 Å². The zero-order valence-corrected chi connectivity index (χ0v) is 11.6. The number of aryl methyl sites for hydroxylation is 2. The van der Waals surface area contributed by atoms with Gasteiger partial charge in [0.05, 0.1) is 11.3 Å². The van der Waals surface area contributed by atoms with Gasteiger partial charge >= 0.3 is 0 Å². The van der Waals surface area contributed by atoms with E-state index in [9.17, 15) is 4.79 Å². The Morgan fingerprint density at radius 1 is 1.33 bits per heavy atom. The molecule has 1 aromatic rings. The van der Waals surface area contributed by atoms with Crippen LogP contribution < -0.4 is 0 Å². The molecule has 0 saturated heterocycles. The summed E-state index contributed by atoms with van der Waals surface area (Å²) >= 11 is 0. The Morgan fingerprint density at radius 2 is 2.00 bits per heavy atom. The lowest BCUT2D eigenvalue weighted by Gasteiger charge is -2.33. The Hall–Kier alpha value is -1.32. The summed E-state index contributed by atoms with van der Waals surface area (Å²) in [5.74, 6) is 0.146. The molecule has 1 aliphatic carbocycles. The van der Waals surface area contributed by atoms with Gasteiger partial charge in [0.15, 0.2) is 0 Å². The lowest BCUT2D eigenvalue weighted by Crippen LogP contribution is -2.41. The zero-order chi connectivity index (χ0) is 13.1. The molecule has 0 unspecified atom stereocenters. The highest BCUT2D eigenvalue weighted by Crippen LogP contribution is 2.24. The fourth-order valence-electron chi connectivity index (χ4n) is 2.97. The first-order valence-corrected chi connectivity index (χ1v) is 6.97. The number of rotatable bonds is 3. The summed E-state index contributed by atoms with van der Waals surface area (Å²) in [6, 6.07) is 0.421. The topological polar surface area (TPSA) is 49.0 Å². The van der Waals surface area contributed by atoms with Crippen molar-refractivity contribution >= 4 is 5.91 Å². The lowest BCUT2D eigenvalue weighted by molar-refractivity contribution is 0.0646. The number of amides is 1. The van der Waals surface area contributed by atoms with Gasteiger partial charge in [-0.3, -0.25) is 9.89 Å². The average Bonchev–Trinajstić information content (AvgIpc) is 2.71. The predicted molar refractivity (Wildman–Crippen MR) is 71.6 cm³/mol. The number of nitrogens with zero attached hydrogens (tertiary/aromatic N) is 2. The van der Waals surface area contributed by atoms with Crippen molar-refractivity contribution in [1.82, 2.24) is 15.1 Å². The standard InChI is InChI=1S/C14H23N3O/c1-4-17(12-8-6-5-7-9-12)14(18)13-10(2)15-16-11(13)3/h12H,4-9H2,1-3H3,(H,15,16). The minimum absolute atomic E-state index is 0.146. The third-order valence-corrected chi connectivity index (χ3v) is 3.96. The number of aromatic nitrogens is 2. The van der Waals surface area contributed by atoms with Gasteiger partial charge in [0, 0.05) is 18.3 Å². The van der Waals surface area contributed by atoms with E-state index in [-0.39, 0.29) is 5.91 Å². The number of aromatic amines is 1. The number of carbonyl (C=O) groups is 1. The summed E-state index contributed by atoms with van der Waals surface area (Å²) in [7, 11) is 0. The first-order valence-electron chi connectivity index (χ1n) is 6.97. The number of nitrogens with one attached hydrogen (secondary N) is 1. The molecule has 4 nitrogen and oxygen atoms in total. The molecule has 0 aliphatic heterocycles. The summed E-state index contributed by atoms with van der Waals surface area (Å²) in [6.45, 7) is 6.66. The van der Waals surface area contributed by atoms with Crippen molar-refractivity contribution in [3.05, 3.63) is 17.0 Å². The molecule has 0 spiro atoms. The Balaban J connectivity index is 2.19. The van der Waals surface area contributed by atoms with Crippen molar-refractivity contribution in [2.24, 2.45) is 0 Å². The molecule has 1 saturated carbocycles. The van der Waals surface area contributed by atoms with Crippen molar-refractivity contribution in [3.8, 4) is 0 Å². The minimum Gasteiger partial charge on any atom is -0.336 e. The quantitative estimate of drug-likeness (QED) is 0.895. The predicted octanol–water partition coefficient (Wildman–Crippen LogP) is 2.82. The molecule has 4 heteroatoms. The molecule has 1 fully saturated rings. The highest BCUT2D eigenvalue weighted by Gasteiger charge is 2.27. The van der Waals surface area contributed by atoms with E-state index in [0.717, 1.165) is 36.3 Å². The number of hydrogen-bond donors (Lipinski definition) is 1. The van der Waals surface area contributed by atoms with Gasteiger partial charge in [-0.05, 0) is 33.6 Å². The van der Waals surface area contributed by atoms with Crippen LogP contribution in [0, 0.1) is 13.8 Å². The highest BCUT2D eigenvalue weighted by molar-refractivity contribution is 5.96. The Morgan fingerprint density at radius 3 is 2.50 bits per heavy atom. The van der Waals surface area contributed by atoms with E-state index in [4.69, 9.17) is 0 Å². The molecular weight excluding hydrogens is 226 g/mol. The third kappa shape index (κ3) is 2.42. The van der Waals surface area contributed by atoms with E-state index in [0.29, 0.717) is 6.04 Å². The van der Waals surface area contributed by atoms with Crippen LogP contribution >= 0.6 is 0 Å². The van der Waals surface area contributed by atoms with Crippen LogP contribution in [0.1, 0.15) is 60.8 Å². The summed E-state index contributed by atoms with van der Waals surface area (Å²) < 4.78 is 0. The zero-order valence-electron chi connectivity index (χ0n) is 11.6. The van der Waals surface area contributed by atoms with Crippen molar-refractivity contribution in [2.75, 3.05) is 6.54 Å². The third-order valence-electron chi connectivity index (χ3n) is 3.96. The fraction of sp³-hybridized carbons (Fsp3) is 0.714. The first kappa shape index (κ1) is 13.1. The molecule has 100 valence electrons. The second-order valence-corrected chi connectivity index (χ2v) is 5.19. The van der Waals surface area contributed by atoms with E-state index in [2.05, 4.69) is 17.1 Å². The monoisotopic (exact) mass is 249 g/mol. The summed E-state index contributed by atoms with van der Waals surface area (Å²) in [5.41, 5.74) is 2.46. The second kappa shape index (κ2) is 5.55. The van der Waals surface area contributed by atoms with Crippen LogP contribution in [0.5, 0.6) is 0 Å². The number of carbonyl (C=O) groups excluding carboxylic acids is 1. The molecule has 1 aliphatic rings. The Labute approximate surface area is 109 Å². The molecule has 2 rings (SSSR count). The summed E-state index contributed by atoms with van der Waals surface area (Å²) in [5, 5.41) is 7.03. The molecule has 1 N–H and O–H groups in total. The fourth-order valence-corrected chi connectivity index (χ4v) is 2.97. The molecule has 1 aromatic heterocycles. The van der Waals surface area contributed by atoms with Crippen LogP contribution in [-0.2, 0) is 0 Å². The highest BCUT2D eigenvalue weighted by atomic mass is 16.2. The largest absolute Gasteiger partial charge is 0.336 e. The van der Waals surface area contributed by atoms with E-state index in [1.807, 2.05) is 18.7 Å². The lowest BCUT2D eigenvalue weighted by atomic mass is 9.93. The molecule has 1 heterocycles. The van der Waals surface area contributed by atoms with Gasteiger partial charge in [-0.1, -0.05) is 19.3 Å².